The van der Waals surface area contributed by atoms with E-state index in [2.05, 4.69) is 31.1 Å². The Labute approximate surface area is 197 Å². The lowest BCUT2D eigenvalue weighted by molar-refractivity contribution is -0.235. The first kappa shape index (κ1) is 25.6. The fourth-order valence-corrected chi connectivity index (χ4v) is 5.02. The standard InChI is InChI=1S/C25H39N3O5/c1-17(2)12-22-25(33-16-32-5,24(30)28(22)15-31-4)14-21-13-20(10-11-26-21)27-23(29)19-8-6-18(3)7-9-19/h10-11,13,17-19,22H,6-9,12,14-16H2,1-5H3,(H,26,27,29)/t18?,19?,22-,25+/m0/s1. The summed E-state index contributed by atoms with van der Waals surface area (Å²) in [5.74, 6) is 1.05. The summed E-state index contributed by atoms with van der Waals surface area (Å²) in [4.78, 5) is 32.2. The van der Waals surface area contributed by atoms with Crippen molar-refractivity contribution in [2.75, 3.05) is 33.1 Å². The zero-order valence-electron chi connectivity index (χ0n) is 20.6. The molecule has 0 aromatic carbocycles. The number of likely N-dealkylation sites (tertiary alicyclic amines) is 1. The number of β-lactam (4-membered cyclic amide) rings is 1. The molecule has 0 bridgehead atoms. The van der Waals surface area contributed by atoms with Crippen LogP contribution in [0.1, 0.15) is 58.6 Å². The van der Waals surface area contributed by atoms with Crippen LogP contribution in [0.3, 0.4) is 0 Å². The maximum absolute atomic E-state index is 13.2. The second-order valence-electron chi connectivity index (χ2n) is 9.94. The molecule has 3 rings (SSSR count). The van der Waals surface area contributed by atoms with Crippen LogP contribution < -0.4 is 5.32 Å². The average Bonchev–Trinajstić information content (AvgIpc) is 2.79. The Kier molecular flexibility index (Phi) is 8.84. The highest BCUT2D eigenvalue weighted by Gasteiger charge is 2.62. The number of rotatable bonds is 11. The van der Waals surface area contributed by atoms with Crippen molar-refractivity contribution < 1.29 is 23.8 Å². The Bertz CT molecular complexity index is 809. The number of nitrogens with zero attached hydrogens (tertiary/aromatic N) is 2. The van der Waals surface area contributed by atoms with Crippen molar-refractivity contribution in [1.82, 2.24) is 9.88 Å². The minimum atomic E-state index is -1.06. The maximum atomic E-state index is 13.2. The van der Waals surface area contributed by atoms with Crippen LogP contribution >= 0.6 is 0 Å². The van der Waals surface area contributed by atoms with Crippen molar-refractivity contribution >= 4 is 17.5 Å². The molecule has 2 heterocycles. The highest BCUT2D eigenvalue weighted by atomic mass is 16.7. The lowest BCUT2D eigenvalue weighted by Crippen LogP contribution is -2.76. The van der Waals surface area contributed by atoms with Gasteiger partial charge in [0.1, 0.15) is 13.5 Å². The molecule has 1 aromatic rings. The van der Waals surface area contributed by atoms with Gasteiger partial charge in [-0.05, 0) is 56.1 Å². The second-order valence-corrected chi connectivity index (χ2v) is 9.94. The van der Waals surface area contributed by atoms with Crippen LogP contribution in [-0.4, -0.2) is 61.1 Å². The smallest absolute Gasteiger partial charge is 0.259 e. The minimum Gasteiger partial charge on any atom is -0.364 e. The summed E-state index contributed by atoms with van der Waals surface area (Å²) in [6.45, 7) is 6.72. The third kappa shape index (κ3) is 5.91. The normalized spacial score (nSPS) is 27.5. The van der Waals surface area contributed by atoms with Gasteiger partial charge >= 0.3 is 0 Å². The Morgan fingerprint density at radius 1 is 1.24 bits per heavy atom. The Balaban J connectivity index is 1.76. The van der Waals surface area contributed by atoms with Gasteiger partial charge in [0, 0.05) is 44.1 Å². The lowest BCUT2D eigenvalue weighted by atomic mass is 9.75. The number of hydrogen-bond acceptors (Lipinski definition) is 6. The number of pyridine rings is 1. The van der Waals surface area contributed by atoms with E-state index in [9.17, 15) is 9.59 Å². The molecule has 1 aliphatic carbocycles. The van der Waals surface area contributed by atoms with Crippen LogP contribution in [-0.2, 0) is 30.2 Å². The molecule has 1 N–H and O–H groups in total. The number of methoxy groups -OCH3 is 2. The lowest BCUT2D eigenvalue weighted by Gasteiger charge is -2.55. The highest BCUT2D eigenvalue weighted by molar-refractivity contribution is 5.94. The third-order valence-corrected chi connectivity index (χ3v) is 6.85. The van der Waals surface area contributed by atoms with Gasteiger partial charge in [0.25, 0.3) is 5.91 Å². The zero-order valence-corrected chi connectivity index (χ0v) is 20.6. The molecule has 184 valence electrons. The first-order chi connectivity index (χ1) is 15.8. The molecule has 0 radical (unpaired) electrons. The Hall–Kier alpha value is -2.03. The Morgan fingerprint density at radius 3 is 2.61 bits per heavy atom. The summed E-state index contributed by atoms with van der Waals surface area (Å²) in [5.41, 5.74) is 0.334. The molecule has 1 aromatic heterocycles. The monoisotopic (exact) mass is 461 g/mol. The molecule has 2 atom stereocenters. The summed E-state index contributed by atoms with van der Waals surface area (Å²) in [7, 11) is 3.12. The summed E-state index contributed by atoms with van der Waals surface area (Å²) in [5, 5.41) is 3.06. The van der Waals surface area contributed by atoms with Gasteiger partial charge in [-0.15, -0.1) is 0 Å². The molecule has 33 heavy (non-hydrogen) atoms. The SMILES string of the molecule is COCO[C@@]1(Cc2cc(NC(=O)C3CCC(C)CC3)ccn2)C(=O)N(COC)[C@H]1CC(C)C. The van der Waals surface area contributed by atoms with Gasteiger partial charge in [-0.25, -0.2) is 0 Å². The van der Waals surface area contributed by atoms with Crippen molar-refractivity contribution in [3.8, 4) is 0 Å². The summed E-state index contributed by atoms with van der Waals surface area (Å²) < 4.78 is 16.5. The average molecular weight is 462 g/mol. The zero-order chi connectivity index (χ0) is 24.0. The third-order valence-electron chi connectivity index (χ3n) is 6.85. The van der Waals surface area contributed by atoms with Gasteiger partial charge in [-0.3, -0.25) is 14.6 Å². The van der Waals surface area contributed by atoms with Crippen LogP contribution in [0, 0.1) is 17.8 Å². The van der Waals surface area contributed by atoms with Crippen molar-refractivity contribution in [1.29, 1.82) is 0 Å². The van der Waals surface area contributed by atoms with E-state index in [4.69, 9.17) is 14.2 Å². The largest absolute Gasteiger partial charge is 0.364 e. The number of anilines is 1. The summed E-state index contributed by atoms with van der Waals surface area (Å²) in [6.07, 6.45) is 6.80. The van der Waals surface area contributed by atoms with Crippen molar-refractivity contribution in [2.24, 2.45) is 17.8 Å². The minimum absolute atomic E-state index is 0.0116. The number of ether oxygens (including phenoxy) is 3. The predicted octanol–water partition coefficient (Wildman–Crippen LogP) is 3.61. The van der Waals surface area contributed by atoms with Gasteiger partial charge < -0.3 is 24.4 Å². The highest BCUT2D eigenvalue weighted by Crippen LogP contribution is 2.41. The molecule has 1 aliphatic heterocycles. The van der Waals surface area contributed by atoms with E-state index in [0.717, 1.165) is 32.1 Å². The molecular formula is C25H39N3O5. The molecule has 0 spiro atoms. The maximum Gasteiger partial charge on any atom is 0.259 e. The van der Waals surface area contributed by atoms with E-state index in [1.807, 2.05) is 6.07 Å². The van der Waals surface area contributed by atoms with Gasteiger partial charge in [0.05, 0.1) is 6.04 Å². The number of amides is 2. The van der Waals surface area contributed by atoms with E-state index in [0.29, 0.717) is 29.6 Å². The number of aromatic nitrogens is 1. The van der Waals surface area contributed by atoms with Crippen LogP contribution in [0.2, 0.25) is 0 Å². The van der Waals surface area contributed by atoms with Gasteiger partial charge in [-0.1, -0.05) is 20.8 Å². The van der Waals surface area contributed by atoms with E-state index in [1.165, 1.54) is 0 Å². The molecule has 8 heteroatoms. The number of nitrogens with one attached hydrogen (secondary N) is 1. The second kappa shape index (κ2) is 11.4. The molecular weight excluding hydrogens is 422 g/mol. The van der Waals surface area contributed by atoms with Crippen molar-refractivity contribution in [3.05, 3.63) is 24.0 Å². The first-order valence-electron chi connectivity index (χ1n) is 12.0. The molecule has 8 nitrogen and oxygen atoms in total. The van der Waals surface area contributed by atoms with Gasteiger partial charge in [-0.2, -0.15) is 0 Å². The van der Waals surface area contributed by atoms with Crippen molar-refractivity contribution in [2.45, 2.75) is 70.9 Å². The molecule has 2 amide bonds. The van der Waals surface area contributed by atoms with Gasteiger partial charge in [0.15, 0.2) is 5.60 Å². The van der Waals surface area contributed by atoms with E-state index in [-0.39, 0.29) is 37.3 Å². The quantitative estimate of drug-likeness (QED) is 0.400. The number of hydrogen-bond donors (Lipinski definition) is 1. The summed E-state index contributed by atoms with van der Waals surface area (Å²) in [6, 6.07) is 3.49. The molecule has 0 unspecified atom stereocenters. The number of carbonyl (C=O) groups excluding carboxylic acids is 2. The molecule has 1 saturated carbocycles. The topological polar surface area (TPSA) is 90.0 Å². The van der Waals surface area contributed by atoms with E-state index < -0.39 is 5.60 Å². The first-order valence-corrected chi connectivity index (χ1v) is 12.0. The predicted molar refractivity (Wildman–Crippen MR) is 125 cm³/mol. The molecule has 1 saturated heterocycles. The fourth-order valence-electron chi connectivity index (χ4n) is 5.02. The van der Waals surface area contributed by atoms with Crippen LogP contribution in [0.15, 0.2) is 18.3 Å². The van der Waals surface area contributed by atoms with Crippen LogP contribution in [0.4, 0.5) is 5.69 Å². The van der Waals surface area contributed by atoms with Gasteiger partial charge in [0.2, 0.25) is 5.91 Å². The molecule has 2 aliphatic rings. The fraction of sp³-hybridized carbons (Fsp3) is 0.720. The van der Waals surface area contributed by atoms with Crippen LogP contribution in [0.5, 0.6) is 0 Å². The van der Waals surface area contributed by atoms with E-state index >= 15 is 0 Å². The number of carbonyl (C=O) groups is 2. The van der Waals surface area contributed by atoms with Crippen molar-refractivity contribution in [3.63, 3.8) is 0 Å². The van der Waals surface area contributed by atoms with Crippen LogP contribution in [0.25, 0.3) is 0 Å². The Morgan fingerprint density at radius 2 is 1.97 bits per heavy atom. The molecule has 2 fully saturated rings. The van der Waals surface area contributed by atoms with E-state index in [1.54, 1.807) is 31.4 Å². The summed E-state index contributed by atoms with van der Waals surface area (Å²) >= 11 is 0.